The van der Waals surface area contributed by atoms with Crippen LogP contribution in [0.1, 0.15) is 23.2 Å². The molecular weight excluding hydrogens is 287 g/mol. The quantitative estimate of drug-likeness (QED) is 0.719. The summed E-state index contributed by atoms with van der Waals surface area (Å²) in [6.45, 7) is 4.98. The fourth-order valence-electron chi connectivity index (χ4n) is 2.66. The van der Waals surface area contributed by atoms with Crippen molar-refractivity contribution in [3.63, 3.8) is 0 Å². The number of alkyl halides is 3. The predicted molar refractivity (Wildman–Crippen MR) is 79.7 cm³/mol. The van der Waals surface area contributed by atoms with Crippen LogP contribution in [0.2, 0.25) is 0 Å². The van der Waals surface area contributed by atoms with Gasteiger partial charge in [-0.1, -0.05) is 24.8 Å². The average Bonchev–Trinajstić information content (AvgIpc) is 2.53. The fourth-order valence-corrected chi connectivity index (χ4v) is 2.66. The first-order chi connectivity index (χ1) is 10.5. The van der Waals surface area contributed by atoms with Crippen LogP contribution >= 0.6 is 0 Å². The Morgan fingerprint density at radius 3 is 2.45 bits per heavy atom. The van der Waals surface area contributed by atoms with Crippen LogP contribution in [0.5, 0.6) is 0 Å². The van der Waals surface area contributed by atoms with Crippen LogP contribution in [-0.2, 0) is 12.7 Å². The molecule has 1 aliphatic rings. The molecule has 0 saturated carbocycles. The number of halogens is 3. The maximum Gasteiger partial charge on any atom is 0.416 e. The van der Waals surface area contributed by atoms with Crippen LogP contribution in [0, 0.1) is 0 Å². The average molecular weight is 302 g/mol. The van der Waals surface area contributed by atoms with Gasteiger partial charge in [0.1, 0.15) is 0 Å². The highest BCUT2D eigenvalue weighted by molar-refractivity contribution is 6.02. The van der Waals surface area contributed by atoms with Crippen molar-refractivity contribution in [1.82, 2.24) is 0 Å². The van der Waals surface area contributed by atoms with E-state index in [-0.39, 0.29) is 0 Å². The lowest BCUT2D eigenvalue weighted by atomic mass is 9.93. The van der Waals surface area contributed by atoms with Crippen molar-refractivity contribution in [1.29, 1.82) is 0 Å². The maximum absolute atomic E-state index is 12.6. The number of fused-ring (bicyclic) bond motifs is 1. The first-order valence-electron chi connectivity index (χ1n) is 7.03. The summed E-state index contributed by atoms with van der Waals surface area (Å²) in [5.74, 6) is 0. The van der Waals surface area contributed by atoms with Gasteiger partial charge in [-0.15, -0.1) is 0 Å². The number of hydrogen-bond acceptors (Lipinski definition) is 0. The SMILES string of the molecule is C=C(C1=CCC[n+]2ccccc21)c1ccc(C(F)(F)F)cc1. The molecule has 0 spiro atoms. The van der Waals surface area contributed by atoms with Crippen LogP contribution < -0.4 is 4.57 Å². The van der Waals surface area contributed by atoms with E-state index in [0.717, 1.165) is 41.9 Å². The Kier molecular flexibility index (Phi) is 3.61. The lowest BCUT2D eigenvalue weighted by molar-refractivity contribution is -0.699. The Balaban J connectivity index is 1.93. The maximum atomic E-state index is 12.6. The number of benzene rings is 1. The van der Waals surface area contributed by atoms with Gasteiger partial charge in [-0.25, -0.2) is 0 Å². The van der Waals surface area contributed by atoms with E-state index < -0.39 is 11.7 Å². The minimum absolute atomic E-state index is 0.642. The Morgan fingerprint density at radius 1 is 1.05 bits per heavy atom. The number of hydrogen-bond donors (Lipinski definition) is 0. The molecule has 0 amide bonds. The van der Waals surface area contributed by atoms with Crippen molar-refractivity contribution in [2.24, 2.45) is 0 Å². The molecular formula is C18H15F3N+. The van der Waals surface area contributed by atoms with Crippen LogP contribution in [-0.4, -0.2) is 0 Å². The highest BCUT2D eigenvalue weighted by Gasteiger charge is 2.30. The van der Waals surface area contributed by atoms with Crippen molar-refractivity contribution in [3.05, 3.63) is 78.1 Å². The molecule has 112 valence electrons. The van der Waals surface area contributed by atoms with Crippen molar-refractivity contribution in [2.75, 3.05) is 0 Å². The van der Waals surface area contributed by atoms with Gasteiger partial charge in [-0.2, -0.15) is 17.7 Å². The molecule has 0 saturated heterocycles. The van der Waals surface area contributed by atoms with Gasteiger partial charge in [0.05, 0.1) is 5.56 Å². The zero-order valence-electron chi connectivity index (χ0n) is 11.9. The molecule has 1 aromatic carbocycles. The Labute approximate surface area is 127 Å². The molecule has 0 atom stereocenters. The number of nitrogens with zero attached hydrogens (tertiary/aromatic N) is 1. The molecule has 0 N–H and O–H groups in total. The summed E-state index contributed by atoms with van der Waals surface area (Å²) in [6, 6.07) is 11.1. The van der Waals surface area contributed by atoms with Gasteiger partial charge in [0.2, 0.25) is 5.69 Å². The van der Waals surface area contributed by atoms with Crippen LogP contribution in [0.4, 0.5) is 13.2 Å². The van der Waals surface area contributed by atoms with Crippen LogP contribution in [0.15, 0.2) is 61.3 Å². The van der Waals surface area contributed by atoms with E-state index in [1.165, 1.54) is 12.1 Å². The first-order valence-corrected chi connectivity index (χ1v) is 7.03. The number of aromatic nitrogens is 1. The largest absolute Gasteiger partial charge is 0.416 e. The molecule has 0 unspecified atom stereocenters. The molecule has 3 rings (SSSR count). The molecule has 2 aromatic rings. The topological polar surface area (TPSA) is 3.88 Å². The van der Waals surface area contributed by atoms with E-state index >= 15 is 0 Å². The standard InChI is InChI=1S/C18H15F3N/c1-13(14-7-9-15(10-8-14)18(19,20)21)16-5-4-12-22-11-3-2-6-17(16)22/h2-3,5-11H,1,4,12H2/q+1. The van der Waals surface area contributed by atoms with E-state index in [0.29, 0.717) is 5.56 Å². The van der Waals surface area contributed by atoms with Gasteiger partial charge in [0.25, 0.3) is 0 Å². The van der Waals surface area contributed by atoms with E-state index in [1.54, 1.807) is 0 Å². The number of aryl methyl sites for hydroxylation is 1. The molecule has 4 heteroatoms. The molecule has 1 nitrogen and oxygen atoms in total. The Morgan fingerprint density at radius 2 is 1.77 bits per heavy atom. The minimum Gasteiger partial charge on any atom is -0.198 e. The van der Waals surface area contributed by atoms with Gasteiger partial charge >= 0.3 is 6.18 Å². The van der Waals surface area contributed by atoms with Gasteiger partial charge in [-0.3, -0.25) is 0 Å². The number of pyridine rings is 1. The summed E-state index contributed by atoms with van der Waals surface area (Å²) >= 11 is 0. The molecule has 0 radical (unpaired) electrons. The van der Waals surface area contributed by atoms with Gasteiger partial charge in [0.15, 0.2) is 12.7 Å². The normalized spacial score (nSPS) is 14.2. The third-order valence-corrected chi connectivity index (χ3v) is 3.82. The first kappa shape index (κ1) is 14.6. The third-order valence-electron chi connectivity index (χ3n) is 3.82. The second-order valence-electron chi connectivity index (χ2n) is 5.24. The molecule has 0 aliphatic carbocycles. The number of allylic oxidation sites excluding steroid dienone is 3. The summed E-state index contributed by atoms with van der Waals surface area (Å²) in [7, 11) is 0. The molecule has 0 bridgehead atoms. The summed E-state index contributed by atoms with van der Waals surface area (Å²) in [6.07, 6.45) is 0.667. The zero-order chi connectivity index (χ0) is 15.7. The molecule has 2 heterocycles. The van der Waals surface area contributed by atoms with Crippen LogP contribution in [0.3, 0.4) is 0 Å². The second kappa shape index (κ2) is 5.44. The van der Waals surface area contributed by atoms with E-state index in [9.17, 15) is 13.2 Å². The van der Waals surface area contributed by atoms with Crippen molar-refractivity contribution < 1.29 is 17.7 Å². The highest BCUT2D eigenvalue weighted by atomic mass is 19.4. The molecule has 1 aromatic heterocycles. The minimum atomic E-state index is -4.31. The van der Waals surface area contributed by atoms with Gasteiger partial charge in [-0.05, 0) is 29.3 Å². The van der Waals surface area contributed by atoms with Crippen molar-refractivity contribution >= 4 is 11.1 Å². The summed E-state index contributed by atoms with van der Waals surface area (Å²) in [4.78, 5) is 0. The third kappa shape index (κ3) is 2.69. The summed E-state index contributed by atoms with van der Waals surface area (Å²) in [5, 5.41) is 0. The van der Waals surface area contributed by atoms with E-state index in [2.05, 4.69) is 17.2 Å². The monoisotopic (exact) mass is 302 g/mol. The Bertz CT molecular complexity index is 740. The summed E-state index contributed by atoms with van der Waals surface area (Å²) < 4.78 is 40.0. The molecule has 1 aliphatic heterocycles. The van der Waals surface area contributed by atoms with E-state index in [4.69, 9.17) is 0 Å². The smallest absolute Gasteiger partial charge is 0.198 e. The predicted octanol–water partition coefficient (Wildman–Crippen LogP) is 4.49. The van der Waals surface area contributed by atoms with Gasteiger partial charge < -0.3 is 0 Å². The fraction of sp³-hybridized carbons (Fsp3) is 0.167. The van der Waals surface area contributed by atoms with Crippen molar-refractivity contribution in [3.8, 4) is 0 Å². The lowest BCUT2D eigenvalue weighted by Crippen LogP contribution is -2.39. The molecule has 0 fully saturated rings. The summed E-state index contributed by atoms with van der Waals surface area (Å²) in [5.41, 5.74) is 2.83. The number of rotatable bonds is 2. The van der Waals surface area contributed by atoms with Crippen molar-refractivity contribution in [2.45, 2.75) is 19.1 Å². The highest BCUT2D eigenvalue weighted by Crippen LogP contribution is 2.33. The Hall–Kier alpha value is -2.36. The zero-order valence-corrected chi connectivity index (χ0v) is 11.9. The van der Waals surface area contributed by atoms with Gasteiger partial charge in [0, 0.05) is 24.1 Å². The molecule has 22 heavy (non-hydrogen) atoms. The second-order valence-corrected chi connectivity index (χ2v) is 5.24. The van der Waals surface area contributed by atoms with Crippen LogP contribution in [0.25, 0.3) is 11.1 Å². The van der Waals surface area contributed by atoms with E-state index in [1.807, 2.05) is 24.4 Å². The lowest BCUT2D eigenvalue weighted by Gasteiger charge is -2.15.